The largest absolute Gasteiger partial charge is 0.507 e. The molecule has 0 spiro atoms. The highest BCUT2D eigenvalue weighted by molar-refractivity contribution is 6.03. The highest BCUT2D eigenvalue weighted by Gasteiger charge is 2.10. The standard InChI is InChI=1S/C15H14FN3O2/c1-2-12(11-9-10(16)6-7-14(11)20)18-19-15(21)13-5-3-4-8-17-13/h3-9,20H,2H2,1H3,(H,19,21)/b18-12+. The molecule has 0 unspecified atom stereocenters. The van der Waals surface area contributed by atoms with Gasteiger partial charge in [0, 0.05) is 11.8 Å². The van der Waals surface area contributed by atoms with Crippen LogP contribution in [0.2, 0.25) is 0 Å². The number of nitrogens with zero attached hydrogens (tertiary/aromatic N) is 2. The summed E-state index contributed by atoms with van der Waals surface area (Å²) in [6, 6.07) is 8.50. The lowest BCUT2D eigenvalue weighted by atomic mass is 10.1. The third-order valence-corrected chi connectivity index (χ3v) is 2.79. The number of carbonyl (C=O) groups excluding carboxylic acids is 1. The third kappa shape index (κ3) is 3.62. The Morgan fingerprint density at radius 2 is 2.19 bits per heavy atom. The van der Waals surface area contributed by atoms with Crippen molar-refractivity contribution in [3.05, 3.63) is 59.7 Å². The molecule has 108 valence electrons. The molecule has 0 bridgehead atoms. The smallest absolute Gasteiger partial charge is 0.289 e. The quantitative estimate of drug-likeness (QED) is 0.670. The number of carbonyl (C=O) groups is 1. The van der Waals surface area contributed by atoms with Gasteiger partial charge in [0.05, 0.1) is 5.71 Å². The van der Waals surface area contributed by atoms with Crippen molar-refractivity contribution < 1.29 is 14.3 Å². The second-order valence-corrected chi connectivity index (χ2v) is 4.23. The van der Waals surface area contributed by atoms with Crippen LogP contribution in [0.5, 0.6) is 5.75 Å². The van der Waals surface area contributed by atoms with Crippen molar-refractivity contribution in [2.45, 2.75) is 13.3 Å². The molecular weight excluding hydrogens is 273 g/mol. The molecule has 0 atom stereocenters. The number of benzene rings is 1. The van der Waals surface area contributed by atoms with Gasteiger partial charge in [0.2, 0.25) is 0 Å². The summed E-state index contributed by atoms with van der Waals surface area (Å²) in [5, 5.41) is 13.7. The van der Waals surface area contributed by atoms with E-state index in [0.29, 0.717) is 12.1 Å². The molecular formula is C15H14FN3O2. The summed E-state index contributed by atoms with van der Waals surface area (Å²) < 4.78 is 13.2. The number of aromatic nitrogens is 1. The van der Waals surface area contributed by atoms with E-state index in [1.165, 1.54) is 18.3 Å². The van der Waals surface area contributed by atoms with Gasteiger partial charge >= 0.3 is 0 Å². The summed E-state index contributed by atoms with van der Waals surface area (Å²) in [7, 11) is 0. The molecule has 0 aliphatic heterocycles. The number of aromatic hydroxyl groups is 1. The van der Waals surface area contributed by atoms with Gasteiger partial charge in [0.15, 0.2) is 0 Å². The van der Waals surface area contributed by atoms with Crippen molar-refractivity contribution in [2.24, 2.45) is 5.10 Å². The van der Waals surface area contributed by atoms with Crippen LogP contribution in [0.15, 0.2) is 47.7 Å². The van der Waals surface area contributed by atoms with Crippen LogP contribution in [0.3, 0.4) is 0 Å². The first kappa shape index (κ1) is 14.6. The van der Waals surface area contributed by atoms with E-state index < -0.39 is 11.7 Å². The van der Waals surface area contributed by atoms with Crippen LogP contribution in [0.25, 0.3) is 0 Å². The fourth-order valence-corrected chi connectivity index (χ4v) is 1.74. The van der Waals surface area contributed by atoms with Gasteiger partial charge in [-0.05, 0) is 36.8 Å². The summed E-state index contributed by atoms with van der Waals surface area (Å²) >= 11 is 0. The van der Waals surface area contributed by atoms with E-state index >= 15 is 0 Å². The van der Waals surface area contributed by atoms with Gasteiger partial charge in [-0.25, -0.2) is 9.82 Å². The Balaban J connectivity index is 2.21. The molecule has 0 aliphatic rings. The molecule has 0 saturated carbocycles. The van der Waals surface area contributed by atoms with Crippen molar-refractivity contribution in [1.29, 1.82) is 0 Å². The number of pyridine rings is 1. The van der Waals surface area contributed by atoms with Gasteiger partial charge in [0.25, 0.3) is 5.91 Å². The first-order valence-corrected chi connectivity index (χ1v) is 6.38. The Morgan fingerprint density at radius 3 is 2.86 bits per heavy atom. The monoisotopic (exact) mass is 287 g/mol. The lowest BCUT2D eigenvalue weighted by Crippen LogP contribution is -2.21. The molecule has 5 nitrogen and oxygen atoms in total. The lowest BCUT2D eigenvalue weighted by Gasteiger charge is -2.07. The number of phenolic OH excluding ortho intramolecular Hbond substituents is 1. The van der Waals surface area contributed by atoms with Gasteiger partial charge in [-0.3, -0.25) is 9.78 Å². The van der Waals surface area contributed by atoms with Crippen molar-refractivity contribution in [2.75, 3.05) is 0 Å². The average molecular weight is 287 g/mol. The number of halogens is 1. The zero-order valence-corrected chi connectivity index (χ0v) is 11.4. The van der Waals surface area contributed by atoms with Gasteiger partial charge in [-0.15, -0.1) is 0 Å². The Bertz CT molecular complexity index is 672. The molecule has 1 heterocycles. The predicted molar refractivity (Wildman–Crippen MR) is 76.6 cm³/mol. The second-order valence-electron chi connectivity index (χ2n) is 4.23. The summed E-state index contributed by atoms with van der Waals surface area (Å²) in [4.78, 5) is 15.7. The third-order valence-electron chi connectivity index (χ3n) is 2.79. The molecule has 1 aromatic heterocycles. The first-order chi connectivity index (χ1) is 10.1. The molecule has 0 aliphatic carbocycles. The number of hydrazone groups is 1. The molecule has 1 amide bonds. The summed E-state index contributed by atoms with van der Waals surface area (Å²) in [6.07, 6.45) is 1.91. The van der Waals surface area contributed by atoms with E-state index in [4.69, 9.17) is 0 Å². The maximum atomic E-state index is 13.2. The Hall–Kier alpha value is -2.76. The van der Waals surface area contributed by atoms with Crippen LogP contribution < -0.4 is 5.43 Å². The van der Waals surface area contributed by atoms with E-state index in [2.05, 4.69) is 15.5 Å². The van der Waals surface area contributed by atoms with Crippen molar-refractivity contribution in [3.8, 4) is 5.75 Å². The fourth-order valence-electron chi connectivity index (χ4n) is 1.74. The molecule has 2 N–H and O–H groups in total. The topological polar surface area (TPSA) is 74.6 Å². The minimum Gasteiger partial charge on any atom is -0.507 e. The maximum absolute atomic E-state index is 13.2. The highest BCUT2D eigenvalue weighted by atomic mass is 19.1. The number of rotatable bonds is 4. The summed E-state index contributed by atoms with van der Waals surface area (Å²) in [5.74, 6) is -1.05. The van der Waals surface area contributed by atoms with Crippen molar-refractivity contribution in [1.82, 2.24) is 10.4 Å². The van der Waals surface area contributed by atoms with E-state index in [1.54, 1.807) is 25.1 Å². The number of hydrogen-bond donors (Lipinski definition) is 2. The van der Waals surface area contributed by atoms with Crippen LogP contribution in [0.1, 0.15) is 29.4 Å². The van der Waals surface area contributed by atoms with Gasteiger partial charge in [0.1, 0.15) is 17.3 Å². The molecule has 2 aromatic rings. The van der Waals surface area contributed by atoms with Crippen LogP contribution >= 0.6 is 0 Å². The minimum absolute atomic E-state index is 0.0934. The molecule has 1 aromatic carbocycles. The predicted octanol–water partition coefficient (Wildman–Crippen LogP) is 2.47. The molecule has 0 radical (unpaired) electrons. The molecule has 21 heavy (non-hydrogen) atoms. The minimum atomic E-state index is -0.486. The lowest BCUT2D eigenvalue weighted by molar-refractivity contribution is 0.0950. The summed E-state index contributed by atoms with van der Waals surface area (Å²) in [6.45, 7) is 1.79. The zero-order chi connectivity index (χ0) is 15.2. The Kier molecular flexibility index (Phi) is 4.61. The summed E-state index contributed by atoms with van der Waals surface area (Å²) in [5.41, 5.74) is 3.19. The zero-order valence-electron chi connectivity index (χ0n) is 11.4. The number of amides is 1. The SMILES string of the molecule is CC/C(=N\NC(=O)c1ccccn1)c1cc(F)ccc1O. The normalized spacial score (nSPS) is 11.2. The van der Waals surface area contributed by atoms with Gasteiger partial charge < -0.3 is 5.11 Å². The average Bonchev–Trinajstić information content (AvgIpc) is 2.51. The fraction of sp³-hybridized carbons (Fsp3) is 0.133. The van der Waals surface area contributed by atoms with E-state index in [9.17, 15) is 14.3 Å². The Morgan fingerprint density at radius 1 is 1.38 bits per heavy atom. The van der Waals surface area contributed by atoms with Crippen LogP contribution in [-0.2, 0) is 0 Å². The van der Waals surface area contributed by atoms with Gasteiger partial charge in [-0.2, -0.15) is 5.10 Å². The van der Waals surface area contributed by atoms with Crippen molar-refractivity contribution >= 4 is 11.6 Å². The van der Waals surface area contributed by atoms with E-state index in [-0.39, 0.29) is 17.0 Å². The maximum Gasteiger partial charge on any atom is 0.289 e. The van der Waals surface area contributed by atoms with Crippen LogP contribution in [0, 0.1) is 5.82 Å². The molecule has 2 rings (SSSR count). The van der Waals surface area contributed by atoms with E-state index in [0.717, 1.165) is 6.07 Å². The molecule has 0 fully saturated rings. The molecule has 0 saturated heterocycles. The first-order valence-electron chi connectivity index (χ1n) is 6.38. The van der Waals surface area contributed by atoms with Gasteiger partial charge in [-0.1, -0.05) is 13.0 Å². The number of hydrogen-bond acceptors (Lipinski definition) is 4. The van der Waals surface area contributed by atoms with Crippen LogP contribution in [-0.4, -0.2) is 21.7 Å². The second kappa shape index (κ2) is 6.60. The van der Waals surface area contributed by atoms with Crippen LogP contribution in [0.4, 0.5) is 4.39 Å². The number of nitrogens with one attached hydrogen (secondary N) is 1. The highest BCUT2D eigenvalue weighted by Crippen LogP contribution is 2.19. The van der Waals surface area contributed by atoms with E-state index in [1.807, 2.05) is 0 Å². The molecule has 6 heteroatoms. The van der Waals surface area contributed by atoms with Crippen molar-refractivity contribution in [3.63, 3.8) is 0 Å². The number of phenols is 1. The Labute approximate surface area is 121 Å².